The minimum Gasteiger partial charge on any atom is -0.395 e. The van der Waals surface area contributed by atoms with Crippen molar-refractivity contribution in [2.24, 2.45) is 5.73 Å². The molecule has 0 spiro atoms. The Morgan fingerprint density at radius 1 is 1.11 bits per heavy atom. The highest BCUT2D eigenvalue weighted by Crippen LogP contribution is 2.22. The third kappa shape index (κ3) is 6.87. The van der Waals surface area contributed by atoms with Gasteiger partial charge in [-0.1, -0.05) is 6.07 Å². The fourth-order valence-corrected chi connectivity index (χ4v) is 3.75. The average molecular weight is 482 g/mol. The predicted octanol–water partition coefficient (Wildman–Crippen LogP) is 1.50. The first-order chi connectivity index (χ1) is 16.8. The Labute approximate surface area is 204 Å². The molecular weight excluding hydrogens is 450 g/mol. The van der Waals surface area contributed by atoms with Gasteiger partial charge in [0, 0.05) is 55.0 Å². The number of hydrogen-bond acceptors (Lipinski definition) is 6. The Bertz CT molecular complexity index is 1080. The van der Waals surface area contributed by atoms with Gasteiger partial charge in [-0.25, -0.2) is 0 Å². The van der Waals surface area contributed by atoms with Crippen molar-refractivity contribution in [3.8, 4) is 0 Å². The molecule has 3 amide bonds. The van der Waals surface area contributed by atoms with Crippen molar-refractivity contribution in [2.45, 2.75) is 19.8 Å². The summed E-state index contributed by atoms with van der Waals surface area (Å²) in [6.45, 7) is 3.61. The van der Waals surface area contributed by atoms with Gasteiger partial charge in [0.2, 0.25) is 11.8 Å². The molecule has 0 aliphatic carbocycles. The summed E-state index contributed by atoms with van der Waals surface area (Å²) in [5.74, 6) is -0.873. The van der Waals surface area contributed by atoms with Crippen molar-refractivity contribution in [3.05, 3.63) is 59.2 Å². The van der Waals surface area contributed by atoms with E-state index in [0.717, 1.165) is 5.56 Å². The summed E-state index contributed by atoms with van der Waals surface area (Å²) in [5, 5.41) is 19.7. The number of carbonyl (C=O) groups is 3. The van der Waals surface area contributed by atoms with E-state index in [0.29, 0.717) is 48.8 Å². The number of hydrogen-bond donors (Lipinski definition) is 4. The summed E-state index contributed by atoms with van der Waals surface area (Å²) >= 11 is 0. The Hall–Kier alpha value is -3.76. The molecule has 2 aromatic rings. The first kappa shape index (κ1) is 25.9. The van der Waals surface area contributed by atoms with E-state index in [-0.39, 0.29) is 49.6 Å². The highest BCUT2D eigenvalue weighted by Gasteiger charge is 2.23. The molecule has 1 heterocycles. The molecule has 0 aromatic heterocycles. The van der Waals surface area contributed by atoms with Crippen LogP contribution in [0.3, 0.4) is 0 Å². The highest BCUT2D eigenvalue weighted by atomic mass is 16.5. The number of nitrogens with one attached hydrogen (secondary N) is 2. The van der Waals surface area contributed by atoms with Gasteiger partial charge in [-0.2, -0.15) is 0 Å². The van der Waals surface area contributed by atoms with E-state index >= 15 is 0 Å². The summed E-state index contributed by atoms with van der Waals surface area (Å²) in [6, 6.07) is 11.7. The number of aryl methyl sites for hydroxylation is 1. The number of morpholine rings is 1. The van der Waals surface area contributed by atoms with Crippen LogP contribution in [0.5, 0.6) is 0 Å². The van der Waals surface area contributed by atoms with Crippen molar-refractivity contribution >= 4 is 34.9 Å². The second-order valence-corrected chi connectivity index (χ2v) is 8.21. The maximum Gasteiger partial charge on any atom is 0.254 e. The van der Waals surface area contributed by atoms with E-state index in [2.05, 4.69) is 5.32 Å². The van der Waals surface area contributed by atoms with Crippen molar-refractivity contribution < 1.29 is 24.2 Å². The Kier molecular flexibility index (Phi) is 8.93. The number of amides is 3. The fourth-order valence-electron chi connectivity index (χ4n) is 3.75. The lowest BCUT2D eigenvalue weighted by molar-refractivity contribution is -0.122. The molecule has 1 aliphatic rings. The van der Waals surface area contributed by atoms with Crippen molar-refractivity contribution in [2.75, 3.05) is 49.7 Å². The number of ether oxygens (including phenoxy) is 1. The minimum absolute atomic E-state index is 0.0429. The van der Waals surface area contributed by atoms with Crippen molar-refractivity contribution in [1.29, 1.82) is 5.41 Å². The number of nitrogens with zero attached hydrogens (tertiary/aromatic N) is 2. The standard InChI is InChI=1S/C25H31N5O5/c1-17-2-7-20(16-21(17)25(34)29-11-14-35-15-12-29)30(10-13-31)23(33)9-8-22(32)28-19-5-3-18(4-6-19)24(26)27/h2-7,16,31H,8-15H2,1H3,(H3,26,27)(H,28,32). The van der Waals surface area contributed by atoms with Crippen LogP contribution in [0.2, 0.25) is 0 Å². The Morgan fingerprint density at radius 2 is 1.80 bits per heavy atom. The van der Waals surface area contributed by atoms with Crippen LogP contribution >= 0.6 is 0 Å². The van der Waals surface area contributed by atoms with Crippen LogP contribution in [0.25, 0.3) is 0 Å². The van der Waals surface area contributed by atoms with Gasteiger partial charge in [0.05, 0.1) is 19.8 Å². The van der Waals surface area contributed by atoms with Crippen LogP contribution in [-0.4, -0.2) is 73.0 Å². The number of aliphatic hydroxyl groups excluding tert-OH is 1. The lowest BCUT2D eigenvalue weighted by Crippen LogP contribution is -2.41. The van der Waals surface area contributed by atoms with Crippen LogP contribution < -0.4 is 16.0 Å². The molecule has 1 saturated heterocycles. The van der Waals surface area contributed by atoms with Gasteiger partial charge in [-0.3, -0.25) is 19.8 Å². The molecule has 1 aliphatic heterocycles. The van der Waals surface area contributed by atoms with Crippen LogP contribution in [0.4, 0.5) is 11.4 Å². The number of benzene rings is 2. The number of aliphatic hydroxyl groups is 1. The van der Waals surface area contributed by atoms with Crippen molar-refractivity contribution in [1.82, 2.24) is 4.90 Å². The van der Waals surface area contributed by atoms with Gasteiger partial charge in [0.1, 0.15) is 5.84 Å². The molecule has 1 fully saturated rings. The summed E-state index contributed by atoms with van der Waals surface area (Å²) in [5.41, 5.74) is 8.28. The molecule has 0 radical (unpaired) electrons. The Balaban J connectivity index is 1.66. The SMILES string of the molecule is Cc1ccc(N(CCO)C(=O)CCC(=O)Nc2ccc(C(=N)N)cc2)cc1C(=O)N1CCOCC1. The van der Waals surface area contributed by atoms with E-state index in [4.69, 9.17) is 15.9 Å². The summed E-state index contributed by atoms with van der Waals surface area (Å²) in [4.78, 5) is 41.5. The maximum atomic E-state index is 13.0. The quantitative estimate of drug-likeness (QED) is 0.315. The molecule has 2 aromatic carbocycles. The molecule has 0 unspecified atom stereocenters. The normalized spacial score (nSPS) is 13.3. The lowest BCUT2D eigenvalue weighted by Gasteiger charge is -2.28. The lowest BCUT2D eigenvalue weighted by atomic mass is 10.1. The van der Waals surface area contributed by atoms with E-state index in [9.17, 15) is 19.5 Å². The van der Waals surface area contributed by atoms with Gasteiger partial charge < -0.3 is 30.7 Å². The minimum atomic E-state index is -0.343. The average Bonchev–Trinajstić information content (AvgIpc) is 2.86. The van der Waals surface area contributed by atoms with Crippen LogP contribution in [-0.2, 0) is 14.3 Å². The zero-order valence-electron chi connectivity index (χ0n) is 19.8. The van der Waals surface area contributed by atoms with Gasteiger partial charge in [-0.15, -0.1) is 0 Å². The third-order valence-corrected chi connectivity index (χ3v) is 5.73. The number of nitrogen functional groups attached to an aromatic ring is 1. The molecule has 5 N–H and O–H groups in total. The number of carbonyl (C=O) groups excluding carboxylic acids is 3. The molecule has 3 rings (SSSR count). The summed E-state index contributed by atoms with van der Waals surface area (Å²) < 4.78 is 5.32. The topological polar surface area (TPSA) is 149 Å². The first-order valence-electron chi connectivity index (χ1n) is 11.4. The molecule has 0 bridgehead atoms. The van der Waals surface area contributed by atoms with E-state index in [1.165, 1.54) is 4.90 Å². The largest absolute Gasteiger partial charge is 0.395 e. The van der Waals surface area contributed by atoms with Gasteiger partial charge in [0.15, 0.2) is 0 Å². The Morgan fingerprint density at radius 3 is 2.43 bits per heavy atom. The van der Waals surface area contributed by atoms with Crippen molar-refractivity contribution in [3.63, 3.8) is 0 Å². The number of anilines is 2. The first-order valence-corrected chi connectivity index (χ1v) is 11.4. The molecular formula is C25H31N5O5. The second-order valence-electron chi connectivity index (χ2n) is 8.21. The van der Waals surface area contributed by atoms with Gasteiger partial charge >= 0.3 is 0 Å². The molecule has 10 nitrogen and oxygen atoms in total. The molecule has 0 saturated carbocycles. The molecule has 10 heteroatoms. The third-order valence-electron chi connectivity index (χ3n) is 5.73. The highest BCUT2D eigenvalue weighted by molar-refractivity contribution is 6.01. The number of amidine groups is 1. The number of rotatable bonds is 9. The molecule has 186 valence electrons. The van der Waals surface area contributed by atoms with Gasteiger partial charge in [-0.05, 0) is 48.9 Å². The van der Waals surface area contributed by atoms with E-state index in [1.807, 2.05) is 6.92 Å². The van der Waals surface area contributed by atoms with E-state index < -0.39 is 0 Å². The second kappa shape index (κ2) is 12.1. The fraction of sp³-hybridized carbons (Fsp3) is 0.360. The summed E-state index contributed by atoms with van der Waals surface area (Å²) in [7, 11) is 0. The van der Waals surface area contributed by atoms with Crippen LogP contribution in [0, 0.1) is 12.3 Å². The summed E-state index contributed by atoms with van der Waals surface area (Å²) in [6.07, 6.45) is -0.126. The maximum absolute atomic E-state index is 13.0. The smallest absolute Gasteiger partial charge is 0.254 e. The van der Waals surface area contributed by atoms with Crippen LogP contribution in [0.15, 0.2) is 42.5 Å². The molecule has 35 heavy (non-hydrogen) atoms. The van der Waals surface area contributed by atoms with E-state index in [1.54, 1.807) is 47.4 Å². The predicted molar refractivity (Wildman–Crippen MR) is 133 cm³/mol. The van der Waals surface area contributed by atoms with Gasteiger partial charge in [0.25, 0.3) is 5.91 Å². The molecule has 0 atom stereocenters. The zero-order chi connectivity index (χ0) is 25.4. The van der Waals surface area contributed by atoms with Crippen LogP contribution in [0.1, 0.15) is 34.3 Å². The monoisotopic (exact) mass is 481 g/mol. The zero-order valence-corrected chi connectivity index (χ0v) is 19.8. The number of nitrogens with two attached hydrogens (primary N) is 1.